The standard InChI is InChI=1S/C13H15IN2O/c1-13(2,3)16(4)12(17)11-6-5-10(7-8-14)9-15-11/h5-6,9H,1-4H3. The molecule has 0 aromatic carbocycles. The molecule has 0 aliphatic rings. The topological polar surface area (TPSA) is 33.2 Å². The Morgan fingerprint density at radius 3 is 2.47 bits per heavy atom. The molecular formula is C13H15IN2O. The van der Waals surface area contributed by atoms with Crippen LogP contribution in [0.25, 0.3) is 0 Å². The Labute approximate surface area is 116 Å². The van der Waals surface area contributed by atoms with Crippen LogP contribution in [-0.2, 0) is 0 Å². The van der Waals surface area contributed by atoms with Crippen LogP contribution in [0.5, 0.6) is 0 Å². The van der Waals surface area contributed by atoms with Crippen molar-refractivity contribution in [3.05, 3.63) is 29.6 Å². The minimum absolute atomic E-state index is 0.0773. The molecule has 90 valence electrons. The van der Waals surface area contributed by atoms with Gasteiger partial charge in [-0.1, -0.05) is 5.92 Å². The maximum absolute atomic E-state index is 12.1. The number of carbonyl (C=O) groups is 1. The Balaban J connectivity index is 2.93. The molecule has 0 N–H and O–H groups in total. The van der Waals surface area contributed by atoms with E-state index in [9.17, 15) is 4.79 Å². The highest BCUT2D eigenvalue weighted by Crippen LogP contribution is 2.13. The first-order valence-electron chi connectivity index (χ1n) is 5.22. The molecule has 0 unspecified atom stereocenters. The highest BCUT2D eigenvalue weighted by Gasteiger charge is 2.23. The predicted octanol–water partition coefficient (Wildman–Crippen LogP) is 2.70. The van der Waals surface area contributed by atoms with E-state index >= 15 is 0 Å². The second-order valence-corrected chi connectivity index (χ2v) is 5.23. The molecule has 1 aromatic heterocycles. The van der Waals surface area contributed by atoms with Crippen molar-refractivity contribution < 1.29 is 4.79 Å². The first-order valence-corrected chi connectivity index (χ1v) is 6.30. The molecule has 4 heteroatoms. The van der Waals surface area contributed by atoms with Crippen LogP contribution >= 0.6 is 22.6 Å². The van der Waals surface area contributed by atoms with Crippen molar-refractivity contribution >= 4 is 28.5 Å². The van der Waals surface area contributed by atoms with Gasteiger partial charge in [-0.05, 0) is 36.8 Å². The summed E-state index contributed by atoms with van der Waals surface area (Å²) in [6.07, 6.45) is 1.62. The van der Waals surface area contributed by atoms with Crippen LogP contribution in [0.15, 0.2) is 18.3 Å². The number of nitrogens with zero attached hydrogens (tertiary/aromatic N) is 2. The second-order valence-electron chi connectivity index (χ2n) is 4.69. The summed E-state index contributed by atoms with van der Waals surface area (Å²) in [7, 11) is 1.78. The smallest absolute Gasteiger partial charge is 0.272 e. The van der Waals surface area contributed by atoms with Gasteiger partial charge in [0, 0.05) is 46.9 Å². The fourth-order valence-electron chi connectivity index (χ4n) is 1.13. The molecule has 0 bridgehead atoms. The fraction of sp³-hybridized carbons (Fsp3) is 0.385. The lowest BCUT2D eigenvalue weighted by Crippen LogP contribution is -2.42. The summed E-state index contributed by atoms with van der Waals surface area (Å²) in [4.78, 5) is 17.9. The van der Waals surface area contributed by atoms with Crippen LogP contribution in [0.4, 0.5) is 0 Å². The lowest BCUT2D eigenvalue weighted by Gasteiger charge is -2.31. The Bertz CT molecular complexity index is 463. The predicted molar refractivity (Wildman–Crippen MR) is 77.0 cm³/mol. The van der Waals surface area contributed by atoms with E-state index in [1.54, 1.807) is 24.2 Å². The van der Waals surface area contributed by atoms with E-state index in [1.165, 1.54) is 0 Å². The van der Waals surface area contributed by atoms with Crippen LogP contribution in [0.1, 0.15) is 36.8 Å². The molecule has 3 nitrogen and oxygen atoms in total. The largest absolute Gasteiger partial charge is 0.336 e. The summed E-state index contributed by atoms with van der Waals surface area (Å²) >= 11 is 1.97. The third-order valence-electron chi connectivity index (χ3n) is 2.49. The molecule has 1 amide bonds. The number of amides is 1. The van der Waals surface area contributed by atoms with Crippen LogP contribution in [0.3, 0.4) is 0 Å². The van der Waals surface area contributed by atoms with E-state index in [2.05, 4.69) is 14.8 Å². The monoisotopic (exact) mass is 342 g/mol. The third-order valence-corrected chi connectivity index (χ3v) is 2.75. The van der Waals surface area contributed by atoms with Gasteiger partial charge < -0.3 is 4.90 Å². The van der Waals surface area contributed by atoms with Crippen LogP contribution in [0, 0.1) is 9.85 Å². The first-order chi connectivity index (χ1) is 7.86. The molecule has 17 heavy (non-hydrogen) atoms. The van der Waals surface area contributed by atoms with Gasteiger partial charge in [-0.3, -0.25) is 4.79 Å². The summed E-state index contributed by atoms with van der Waals surface area (Å²) in [6.45, 7) is 5.96. The van der Waals surface area contributed by atoms with Gasteiger partial charge in [0.05, 0.1) is 0 Å². The maximum atomic E-state index is 12.1. The molecule has 1 heterocycles. The van der Waals surface area contributed by atoms with E-state index in [1.807, 2.05) is 49.4 Å². The van der Waals surface area contributed by atoms with Gasteiger partial charge in [0.25, 0.3) is 5.91 Å². The second kappa shape index (κ2) is 5.50. The number of carbonyl (C=O) groups excluding carboxylic acids is 1. The van der Waals surface area contributed by atoms with Gasteiger partial charge in [0.1, 0.15) is 5.69 Å². The lowest BCUT2D eigenvalue weighted by atomic mass is 10.1. The average molecular weight is 342 g/mol. The zero-order valence-corrected chi connectivity index (χ0v) is 12.6. The minimum Gasteiger partial charge on any atom is -0.336 e. The van der Waals surface area contributed by atoms with E-state index in [-0.39, 0.29) is 11.4 Å². The third kappa shape index (κ3) is 3.70. The molecule has 0 spiro atoms. The molecule has 0 radical (unpaired) electrons. The number of hydrogen-bond donors (Lipinski definition) is 0. The van der Waals surface area contributed by atoms with Crippen molar-refractivity contribution in [1.29, 1.82) is 0 Å². The summed E-state index contributed by atoms with van der Waals surface area (Å²) in [5.41, 5.74) is 1.05. The van der Waals surface area contributed by atoms with Gasteiger partial charge in [-0.15, -0.1) is 0 Å². The Morgan fingerprint density at radius 2 is 2.06 bits per heavy atom. The number of halogens is 1. The van der Waals surface area contributed by atoms with Crippen LogP contribution in [-0.4, -0.2) is 28.4 Å². The number of hydrogen-bond acceptors (Lipinski definition) is 2. The highest BCUT2D eigenvalue weighted by molar-refractivity contribution is 14.1. The molecule has 0 aliphatic heterocycles. The molecule has 0 atom stereocenters. The SMILES string of the molecule is CN(C(=O)c1ccc(C#CI)cn1)C(C)(C)C. The van der Waals surface area contributed by atoms with E-state index in [4.69, 9.17) is 0 Å². The Hall–Kier alpha value is -1.09. The van der Waals surface area contributed by atoms with Crippen molar-refractivity contribution in [3.8, 4) is 9.85 Å². The van der Waals surface area contributed by atoms with Crippen molar-refractivity contribution in [2.75, 3.05) is 7.05 Å². The molecule has 0 fully saturated rings. The zero-order valence-electron chi connectivity index (χ0n) is 10.4. The molecule has 0 saturated carbocycles. The molecule has 0 saturated heterocycles. The molecular weight excluding hydrogens is 327 g/mol. The quantitative estimate of drug-likeness (QED) is 0.581. The zero-order chi connectivity index (χ0) is 13.1. The molecule has 1 rings (SSSR count). The Kier molecular flexibility index (Phi) is 4.52. The average Bonchev–Trinajstić information content (AvgIpc) is 2.27. The first kappa shape index (κ1) is 14.0. The number of pyridine rings is 1. The number of aromatic nitrogens is 1. The van der Waals surface area contributed by atoms with Crippen LogP contribution < -0.4 is 0 Å². The Morgan fingerprint density at radius 1 is 1.41 bits per heavy atom. The van der Waals surface area contributed by atoms with Crippen molar-refractivity contribution in [2.24, 2.45) is 0 Å². The van der Waals surface area contributed by atoms with E-state index in [0.717, 1.165) is 5.56 Å². The van der Waals surface area contributed by atoms with Crippen molar-refractivity contribution in [1.82, 2.24) is 9.88 Å². The number of rotatable bonds is 1. The summed E-state index contributed by atoms with van der Waals surface area (Å²) in [5.74, 6) is 2.81. The van der Waals surface area contributed by atoms with E-state index < -0.39 is 0 Å². The molecule has 1 aromatic rings. The van der Waals surface area contributed by atoms with Gasteiger partial charge in [0.15, 0.2) is 0 Å². The molecule has 0 aliphatic carbocycles. The van der Waals surface area contributed by atoms with Gasteiger partial charge in [-0.2, -0.15) is 0 Å². The summed E-state index contributed by atoms with van der Waals surface area (Å²) in [5, 5.41) is 0. The van der Waals surface area contributed by atoms with E-state index in [0.29, 0.717) is 5.69 Å². The van der Waals surface area contributed by atoms with Crippen LogP contribution in [0.2, 0.25) is 0 Å². The van der Waals surface area contributed by atoms with Gasteiger partial charge in [-0.25, -0.2) is 4.98 Å². The van der Waals surface area contributed by atoms with Crippen molar-refractivity contribution in [2.45, 2.75) is 26.3 Å². The minimum atomic E-state index is -0.209. The normalized spacial score (nSPS) is 10.4. The summed E-state index contributed by atoms with van der Waals surface area (Å²) < 4.78 is 2.76. The van der Waals surface area contributed by atoms with Crippen molar-refractivity contribution in [3.63, 3.8) is 0 Å². The highest BCUT2D eigenvalue weighted by atomic mass is 127. The van der Waals surface area contributed by atoms with Gasteiger partial charge in [0.2, 0.25) is 0 Å². The summed E-state index contributed by atoms with van der Waals surface area (Å²) in [6, 6.07) is 3.52. The lowest BCUT2D eigenvalue weighted by molar-refractivity contribution is 0.0649. The van der Waals surface area contributed by atoms with Gasteiger partial charge >= 0.3 is 0 Å². The maximum Gasteiger partial charge on any atom is 0.272 e. The fourth-order valence-corrected chi connectivity index (χ4v) is 1.44.